The fraction of sp³-hybridized carbons (Fsp3) is 0.364. The SMILES string of the molecule is N#CC1CN(S(=O)(=O)c2cc(N)cc(Br)c2F)CCO1. The van der Waals surface area contributed by atoms with Crippen molar-refractivity contribution in [2.45, 2.75) is 11.0 Å². The highest BCUT2D eigenvalue weighted by Gasteiger charge is 2.33. The zero-order chi connectivity index (χ0) is 14.9. The number of nitriles is 1. The molecule has 1 atom stereocenters. The summed E-state index contributed by atoms with van der Waals surface area (Å²) in [4.78, 5) is -0.511. The summed E-state index contributed by atoms with van der Waals surface area (Å²) in [5.41, 5.74) is 5.68. The van der Waals surface area contributed by atoms with Crippen LogP contribution in [0.4, 0.5) is 10.1 Å². The number of hydrogen-bond donors (Lipinski definition) is 1. The Balaban J connectivity index is 2.43. The van der Waals surface area contributed by atoms with Crippen LogP contribution in [-0.4, -0.2) is 38.5 Å². The third kappa shape index (κ3) is 2.78. The maximum absolute atomic E-state index is 14.0. The van der Waals surface area contributed by atoms with Gasteiger partial charge in [0.2, 0.25) is 10.0 Å². The van der Waals surface area contributed by atoms with Crippen LogP contribution < -0.4 is 5.73 Å². The van der Waals surface area contributed by atoms with Gasteiger partial charge >= 0.3 is 0 Å². The Hall–Kier alpha value is -1.21. The van der Waals surface area contributed by atoms with Gasteiger partial charge in [0.1, 0.15) is 4.90 Å². The van der Waals surface area contributed by atoms with E-state index in [9.17, 15) is 12.8 Å². The summed E-state index contributed by atoms with van der Waals surface area (Å²) in [6.45, 7) is 0.0135. The summed E-state index contributed by atoms with van der Waals surface area (Å²) in [7, 11) is -4.06. The molecular weight excluding hydrogens is 353 g/mol. The highest BCUT2D eigenvalue weighted by molar-refractivity contribution is 9.10. The summed E-state index contributed by atoms with van der Waals surface area (Å²) in [5, 5.41) is 8.79. The van der Waals surface area contributed by atoms with Crippen LogP contribution in [0, 0.1) is 17.1 Å². The molecule has 6 nitrogen and oxygen atoms in total. The van der Waals surface area contributed by atoms with Gasteiger partial charge < -0.3 is 10.5 Å². The zero-order valence-corrected chi connectivity index (χ0v) is 12.6. The molecule has 1 fully saturated rings. The largest absolute Gasteiger partial charge is 0.399 e. The Kier molecular flexibility index (Phi) is 4.29. The highest BCUT2D eigenvalue weighted by Crippen LogP contribution is 2.29. The second-order valence-corrected chi connectivity index (χ2v) is 6.93. The molecule has 1 unspecified atom stereocenters. The molecule has 0 aromatic heterocycles. The predicted molar refractivity (Wildman–Crippen MR) is 72.6 cm³/mol. The van der Waals surface area contributed by atoms with Crippen molar-refractivity contribution in [1.82, 2.24) is 4.31 Å². The number of ether oxygens (including phenoxy) is 1. The Morgan fingerprint density at radius 3 is 2.90 bits per heavy atom. The van der Waals surface area contributed by atoms with Crippen molar-refractivity contribution in [1.29, 1.82) is 5.26 Å². The van der Waals surface area contributed by atoms with Gasteiger partial charge in [-0.25, -0.2) is 12.8 Å². The van der Waals surface area contributed by atoms with Gasteiger partial charge in [-0.1, -0.05) is 0 Å². The molecule has 1 aliphatic heterocycles. The number of nitrogen functional groups attached to an aromatic ring is 1. The number of sulfonamides is 1. The van der Waals surface area contributed by atoms with E-state index in [0.717, 1.165) is 10.4 Å². The molecule has 1 aliphatic rings. The first kappa shape index (κ1) is 15.2. The van der Waals surface area contributed by atoms with Crippen LogP contribution in [-0.2, 0) is 14.8 Å². The number of anilines is 1. The first-order valence-electron chi connectivity index (χ1n) is 5.62. The predicted octanol–water partition coefficient (Wildman–Crippen LogP) is 1.08. The third-order valence-corrected chi connectivity index (χ3v) is 5.25. The van der Waals surface area contributed by atoms with Crippen LogP contribution in [0.1, 0.15) is 0 Å². The second kappa shape index (κ2) is 5.65. The number of nitrogens with two attached hydrogens (primary N) is 1. The fourth-order valence-electron chi connectivity index (χ4n) is 1.83. The molecule has 2 rings (SSSR count). The normalized spacial score (nSPS) is 20.6. The molecule has 1 aromatic carbocycles. The van der Waals surface area contributed by atoms with Crippen LogP contribution in [0.2, 0.25) is 0 Å². The molecule has 0 spiro atoms. The number of halogens is 2. The molecule has 2 N–H and O–H groups in total. The van der Waals surface area contributed by atoms with Gasteiger partial charge in [-0.05, 0) is 28.1 Å². The van der Waals surface area contributed by atoms with E-state index in [0.29, 0.717) is 0 Å². The topological polar surface area (TPSA) is 96.4 Å². The van der Waals surface area contributed by atoms with Crippen molar-refractivity contribution >= 4 is 31.6 Å². The Bertz CT molecular complexity index is 674. The van der Waals surface area contributed by atoms with Crippen LogP contribution in [0.5, 0.6) is 0 Å². The number of rotatable bonds is 2. The van der Waals surface area contributed by atoms with E-state index in [2.05, 4.69) is 15.9 Å². The number of benzene rings is 1. The van der Waals surface area contributed by atoms with Crippen molar-refractivity contribution in [3.63, 3.8) is 0 Å². The first-order valence-corrected chi connectivity index (χ1v) is 7.85. The quantitative estimate of drug-likeness (QED) is 0.793. The van der Waals surface area contributed by atoms with Crippen molar-refractivity contribution in [3.05, 3.63) is 22.4 Å². The number of nitrogens with zero attached hydrogens (tertiary/aromatic N) is 2. The lowest BCUT2D eigenvalue weighted by atomic mass is 10.3. The molecule has 9 heteroatoms. The second-order valence-electron chi connectivity index (χ2n) is 4.17. The van der Waals surface area contributed by atoms with Crippen molar-refractivity contribution in [2.24, 2.45) is 0 Å². The lowest BCUT2D eigenvalue weighted by Gasteiger charge is -2.29. The summed E-state index contributed by atoms with van der Waals surface area (Å²) in [5.74, 6) is -0.904. The molecule has 1 saturated heterocycles. The maximum Gasteiger partial charge on any atom is 0.246 e. The van der Waals surface area contributed by atoms with Gasteiger partial charge in [-0.15, -0.1) is 0 Å². The lowest BCUT2D eigenvalue weighted by Crippen LogP contribution is -2.45. The molecule has 0 radical (unpaired) electrons. The van der Waals surface area contributed by atoms with E-state index in [1.165, 1.54) is 6.07 Å². The van der Waals surface area contributed by atoms with E-state index in [1.54, 1.807) is 0 Å². The Morgan fingerprint density at radius 2 is 2.25 bits per heavy atom. The van der Waals surface area contributed by atoms with Crippen LogP contribution >= 0.6 is 15.9 Å². The Labute approximate surface area is 124 Å². The average molecular weight is 364 g/mol. The molecular formula is C11H11BrFN3O3S. The van der Waals surface area contributed by atoms with Gasteiger partial charge in [-0.2, -0.15) is 9.57 Å². The van der Waals surface area contributed by atoms with E-state index in [-0.39, 0.29) is 29.9 Å². The van der Waals surface area contributed by atoms with E-state index < -0.39 is 26.8 Å². The van der Waals surface area contributed by atoms with Crippen molar-refractivity contribution < 1.29 is 17.5 Å². The summed E-state index contributed by atoms with van der Waals surface area (Å²) in [6.07, 6.45) is -0.855. The maximum atomic E-state index is 14.0. The molecule has 0 aliphatic carbocycles. The van der Waals surface area contributed by atoms with E-state index >= 15 is 0 Å². The van der Waals surface area contributed by atoms with Gasteiger partial charge in [-0.3, -0.25) is 0 Å². The summed E-state index contributed by atoms with van der Waals surface area (Å²) in [6, 6.07) is 4.18. The van der Waals surface area contributed by atoms with Gasteiger partial charge in [0.25, 0.3) is 0 Å². The Morgan fingerprint density at radius 1 is 1.55 bits per heavy atom. The third-order valence-electron chi connectivity index (χ3n) is 2.81. The molecule has 0 saturated carbocycles. The fourth-order valence-corrected chi connectivity index (χ4v) is 3.99. The van der Waals surface area contributed by atoms with E-state index in [1.807, 2.05) is 6.07 Å². The van der Waals surface area contributed by atoms with E-state index in [4.69, 9.17) is 15.7 Å². The molecule has 0 bridgehead atoms. The summed E-state index contributed by atoms with van der Waals surface area (Å²) < 4.78 is 44.9. The minimum absolute atomic E-state index is 0.0267. The monoisotopic (exact) mass is 363 g/mol. The number of morpholine rings is 1. The van der Waals surface area contributed by atoms with Gasteiger partial charge in [0.05, 0.1) is 23.7 Å². The smallest absolute Gasteiger partial charge is 0.246 e. The molecule has 1 aromatic rings. The van der Waals surface area contributed by atoms with Crippen molar-refractivity contribution in [3.8, 4) is 6.07 Å². The molecule has 20 heavy (non-hydrogen) atoms. The minimum Gasteiger partial charge on any atom is -0.399 e. The molecule has 108 valence electrons. The number of hydrogen-bond acceptors (Lipinski definition) is 5. The highest BCUT2D eigenvalue weighted by atomic mass is 79.9. The molecule has 0 amide bonds. The standard InChI is InChI=1S/C11H11BrFN3O3S/c12-9-3-7(15)4-10(11(9)13)20(17,18)16-1-2-19-8(5-14)6-16/h3-4,8H,1-2,6,15H2. The lowest BCUT2D eigenvalue weighted by molar-refractivity contribution is 0.0311. The first-order chi connectivity index (χ1) is 9.36. The van der Waals surface area contributed by atoms with Crippen LogP contribution in [0.25, 0.3) is 0 Å². The van der Waals surface area contributed by atoms with Crippen molar-refractivity contribution in [2.75, 3.05) is 25.4 Å². The van der Waals surface area contributed by atoms with Crippen LogP contribution in [0.15, 0.2) is 21.5 Å². The zero-order valence-electron chi connectivity index (χ0n) is 10.2. The molecule has 1 heterocycles. The van der Waals surface area contributed by atoms with Crippen LogP contribution in [0.3, 0.4) is 0 Å². The van der Waals surface area contributed by atoms with Gasteiger partial charge in [0, 0.05) is 12.2 Å². The minimum atomic E-state index is -4.06. The summed E-state index contributed by atoms with van der Waals surface area (Å²) >= 11 is 2.92. The van der Waals surface area contributed by atoms with Gasteiger partial charge in [0.15, 0.2) is 11.9 Å². The average Bonchev–Trinajstić information content (AvgIpc) is 2.42.